The van der Waals surface area contributed by atoms with Crippen LogP contribution in [0.1, 0.15) is 24.4 Å². The molecular formula is C24H24N4O4. The molecule has 0 aliphatic carbocycles. The van der Waals surface area contributed by atoms with Gasteiger partial charge < -0.3 is 19.3 Å². The Morgan fingerprint density at radius 1 is 1.16 bits per heavy atom. The Hall–Kier alpha value is -4.07. The minimum Gasteiger partial charge on any atom is -0.497 e. The molecule has 8 nitrogen and oxygen atoms in total. The van der Waals surface area contributed by atoms with Gasteiger partial charge in [-0.1, -0.05) is 35.5 Å². The number of urea groups is 1. The van der Waals surface area contributed by atoms with Crippen LogP contribution < -0.4 is 14.8 Å². The third-order valence-corrected chi connectivity index (χ3v) is 5.34. The molecule has 1 unspecified atom stereocenters. The quantitative estimate of drug-likeness (QED) is 0.555. The van der Waals surface area contributed by atoms with Crippen molar-refractivity contribution in [3.05, 3.63) is 78.3 Å². The molecular weight excluding hydrogens is 408 g/mol. The van der Waals surface area contributed by atoms with E-state index in [0.717, 1.165) is 28.1 Å². The number of ether oxygens (including phenoxy) is 2. The van der Waals surface area contributed by atoms with Gasteiger partial charge in [-0.15, -0.1) is 6.58 Å². The zero-order valence-electron chi connectivity index (χ0n) is 18.2. The number of hydrogen-bond acceptors (Lipinski definition) is 6. The summed E-state index contributed by atoms with van der Waals surface area (Å²) in [6.45, 7) is 5.98. The Morgan fingerprint density at radius 2 is 1.91 bits per heavy atom. The Balaban J connectivity index is 1.80. The second-order valence-corrected chi connectivity index (χ2v) is 7.21. The van der Waals surface area contributed by atoms with Gasteiger partial charge in [-0.25, -0.2) is 4.79 Å². The van der Waals surface area contributed by atoms with E-state index in [9.17, 15) is 4.79 Å². The molecule has 3 aromatic rings. The Bertz CT molecular complexity index is 1170. The third-order valence-electron chi connectivity index (χ3n) is 5.34. The molecule has 2 aromatic carbocycles. The van der Waals surface area contributed by atoms with E-state index in [1.807, 2.05) is 55.5 Å². The van der Waals surface area contributed by atoms with Crippen LogP contribution in [0.4, 0.5) is 4.79 Å². The Labute approximate surface area is 186 Å². The monoisotopic (exact) mass is 432 g/mol. The molecule has 0 spiro atoms. The Morgan fingerprint density at radius 3 is 2.59 bits per heavy atom. The lowest BCUT2D eigenvalue weighted by Gasteiger charge is -2.34. The number of hydrogen-bond donors (Lipinski definition) is 1. The number of allylic oxidation sites excluding steroid dienone is 1. The van der Waals surface area contributed by atoms with Crippen LogP contribution in [0.2, 0.25) is 0 Å². The van der Waals surface area contributed by atoms with E-state index < -0.39 is 6.04 Å². The van der Waals surface area contributed by atoms with Crippen LogP contribution in [0.25, 0.3) is 17.0 Å². The van der Waals surface area contributed by atoms with Crippen LogP contribution >= 0.6 is 0 Å². The van der Waals surface area contributed by atoms with Crippen LogP contribution in [-0.2, 0) is 0 Å². The predicted octanol–water partition coefficient (Wildman–Crippen LogP) is 4.44. The fourth-order valence-corrected chi connectivity index (χ4v) is 3.67. The summed E-state index contributed by atoms with van der Waals surface area (Å²) in [5, 5.41) is 7.21. The zero-order chi connectivity index (χ0) is 22.7. The van der Waals surface area contributed by atoms with Gasteiger partial charge in [0.1, 0.15) is 11.5 Å². The van der Waals surface area contributed by atoms with Gasteiger partial charge in [-0.05, 0) is 36.8 Å². The number of nitrogens with zero attached hydrogens (tertiary/aromatic N) is 3. The summed E-state index contributed by atoms with van der Waals surface area (Å²) < 4.78 is 16.2. The van der Waals surface area contributed by atoms with Crippen molar-refractivity contribution in [2.24, 2.45) is 0 Å². The van der Waals surface area contributed by atoms with E-state index in [2.05, 4.69) is 22.0 Å². The molecule has 1 aliphatic rings. The first kappa shape index (κ1) is 21.2. The van der Waals surface area contributed by atoms with Crippen molar-refractivity contribution in [2.45, 2.75) is 13.0 Å². The lowest BCUT2D eigenvalue weighted by molar-refractivity contribution is 0.209. The summed E-state index contributed by atoms with van der Waals surface area (Å²) in [5.41, 5.74) is 3.07. The highest BCUT2D eigenvalue weighted by atomic mass is 16.5. The van der Waals surface area contributed by atoms with Crippen molar-refractivity contribution >= 4 is 11.6 Å². The lowest BCUT2D eigenvalue weighted by Crippen LogP contribution is -2.46. The number of carbonyl (C=O) groups is 1. The van der Waals surface area contributed by atoms with Crippen molar-refractivity contribution in [1.29, 1.82) is 0 Å². The average molecular weight is 432 g/mol. The summed E-state index contributed by atoms with van der Waals surface area (Å²) in [6, 6.07) is 14.2. The molecule has 0 bridgehead atoms. The highest BCUT2D eigenvalue weighted by molar-refractivity contribution is 5.87. The predicted molar refractivity (Wildman–Crippen MR) is 120 cm³/mol. The van der Waals surface area contributed by atoms with Crippen LogP contribution in [0.15, 0.2) is 71.4 Å². The number of benzene rings is 2. The molecule has 0 radical (unpaired) electrons. The van der Waals surface area contributed by atoms with E-state index >= 15 is 0 Å². The number of nitrogens with one attached hydrogen (secondary N) is 1. The maximum Gasteiger partial charge on any atom is 0.322 e. The number of rotatable bonds is 7. The smallest absolute Gasteiger partial charge is 0.322 e. The van der Waals surface area contributed by atoms with Crippen molar-refractivity contribution < 1.29 is 18.8 Å². The number of carbonyl (C=O) groups excluding carboxylic acids is 1. The minimum absolute atomic E-state index is 0.223. The second-order valence-electron chi connectivity index (χ2n) is 7.21. The van der Waals surface area contributed by atoms with E-state index in [1.54, 1.807) is 25.2 Å². The van der Waals surface area contributed by atoms with Gasteiger partial charge in [0.25, 0.3) is 5.89 Å². The van der Waals surface area contributed by atoms with Crippen molar-refractivity contribution in [1.82, 2.24) is 20.4 Å². The van der Waals surface area contributed by atoms with Gasteiger partial charge in [-0.2, -0.15) is 4.98 Å². The van der Waals surface area contributed by atoms with E-state index in [0.29, 0.717) is 24.0 Å². The topological polar surface area (TPSA) is 89.7 Å². The first-order valence-corrected chi connectivity index (χ1v) is 10.1. The van der Waals surface area contributed by atoms with Gasteiger partial charge in [-0.3, -0.25) is 4.90 Å². The van der Waals surface area contributed by atoms with Gasteiger partial charge in [0.2, 0.25) is 5.82 Å². The van der Waals surface area contributed by atoms with Crippen molar-refractivity contribution in [3.63, 3.8) is 0 Å². The van der Waals surface area contributed by atoms with Gasteiger partial charge in [0.05, 0.1) is 25.8 Å². The zero-order valence-corrected chi connectivity index (χ0v) is 18.2. The molecule has 0 fully saturated rings. The molecule has 1 aliphatic heterocycles. The molecule has 0 saturated heterocycles. The number of methoxy groups -OCH3 is 2. The first-order valence-electron chi connectivity index (χ1n) is 10.1. The van der Waals surface area contributed by atoms with E-state index in [1.165, 1.54) is 0 Å². The van der Waals surface area contributed by atoms with E-state index in [4.69, 9.17) is 14.0 Å². The molecule has 2 heterocycles. The normalized spacial score (nSPS) is 16.0. The molecule has 164 valence electrons. The molecule has 4 rings (SSSR count). The van der Waals surface area contributed by atoms with Gasteiger partial charge in [0, 0.05) is 17.8 Å². The summed E-state index contributed by atoms with van der Waals surface area (Å²) in [6.07, 6.45) is 1.67. The summed E-state index contributed by atoms with van der Waals surface area (Å²) >= 11 is 0. The molecule has 8 heteroatoms. The highest BCUT2D eigenvalue weighted by Crippen LogP contribution is 2.37. The summed E-state index contributed by atoms with van der Waals surface area (Å²) in [5.74, 6) is 2.18. The van der Waals surface area contributed by atoms with Crippen molar-refractivity contribution in [3.8, 4) is 22.9 Å². The largest absolute Gasteiger partial charge is 0.497 e. The van der Waals surface area contributed by atoms with E-state index in [-0.39, 0.29) is 6.03 Å². The number of amides is 2. The maximum absolute atomic E-state index is 12.8. The van der Waals surface area contributed by atoms with Crippen LogP contribution in [0, 0.1) is 0 Å². The molecule has 0 saturated carbocycles. The molecule has 1 aromatic heterocycles. The molecule has 1 atom stereocenters. The van der Waals surface area contributed by atoms with Gasteiger partial charge >= 0.3 is 6.03 Å². The standard InChI is InChI=1S/C24H24N4O4/c1-5-13-28-15(2)20(21(25-24(28)29)16-9-11-18(30-3)12-10-16)23-26-22(27-32-23)17-7-6-8-19(14-17)31-4/h5-12,14,21H,1,13H2,2-4H3,(H,25,29). The second kappa shape index (κ2) is 8.97. The Kier molecular flexibility index (Phi) is 5.93. The third kappa shape index (κ3) is 3.94. The average Bonchev–Trinajstić information content (AvgIpc) is 3.31. The molecule has 2 amide bonds. The summed E-state index contributed by atoms with van der Waals surface area (Å²) in [7, 11) is 3.21. The maximum atomic E-state index is 12.8. The fourth-order valence-electron chi connectivity index (χ4n) is 3.67. The van der Waals surface area contributed by atoms with Crippen LogP contribution in [0.5, 0.6) is 11.5 Å². The first-order chi connectivity index (χ1) is 15.5. The molecule has 1 N–H and O–H groups in total. The SMILES string of the molecule is C=CCN1C(=O)NC(c2ccc(OC)cc2)C(c2nc(-c3cccc(OC)c3)no2)=C1C. The molecule has 32 heavy (non-hydrogen) atoms. The highest BCUT2D eigenvalue weighted by Gasteiger charge is 2.35. The summed E-state index contributed by atoms with van der Waals surface area (Å²) in [4.78, 5) is 19.0. The van der Waals surface area contributed by atoms with Gasteiger partial charge in [0.15, 0.2) is 0 Å². The van der Waals surface area contributed by atoms with Crippen LogP contribution in [0.3, 0.4) is 0 Å². The van der Waals surface area contributed by atoms with Crippen molar-refractivity contribution in [2.75, 3.05) is 20.8 Å². The fraction of sp³-hybridized carbons (Fsp3) is 0.208. The lowest BCUT2D eigenvalue weighted by atomic mass is 9.94. The number of aromatic nitrogens is 2. The van der Waals surface area contributed by atoms with Crippen LogP contribution in [-0.4, -0.2) is 41.8 Å². The minimum atomic E-state index is -0.465.